The lowest BCUT2D eigenvalue weighted by molar-refractivity contribution is -0.192. The third-order valence-electron chi connectivity index (χ3n) is 0.843. The standard InChI is InChI=1S/C4H3F3O2.C2HF3O2/c1-2(3(8)9)4(5,6)7;3-2(4,5)1(6)7/h1H2,(H,8,9);(H,6,7). The number of alkyl halides is 6. The quantitative estimate of drug-likeness (QED) is 0.552. The maximum Gasteiger partial charge on any atom is 0.490 e. The van der Waals surface area contributed by atoms with E-state index >= 15 is 0 Å². The second-order valence-electron chi connectivity index (χ2n) is 2.08. The number of hydrogen-bond acceptors (Lipinski definition) is 2. The molecule has 0 spiro atoms. The van der Waals surface area contributed by atoms with Gasteiger partial charge in [-0.25, -0.2) is 9.59 Å². The molecule has 0 unspecified atom stereocenters. The zero-order valence-electron chi connectivity index (χ0n) is 7.19. The van der Waals surface area contributed by atoms with Gasteiger partial charge in [0.1, 0.15) is 5.57 Å². The van der Waals surface area contributed by atoms with E-state index in [1.54, 1.807) is 0 Å². The molecule has 2 N–H and O–H groups in total. The SMILES string of the molecule is C=C(C(=O)O)C(F)(F)F.O=C(O)C(F)(F)F. The summed E-state index contributed by atoms with van der Waals surface area (Å²) in [6, 6.07) is 0. The topological polar surface area (TPSA) is 74.6 Å². The van der Waals surface area contributed by atoms with E-state index in [0.29, 0.717) is 0 Å². The van der Waals surface area contributed by atoms with Crippen LogP contribution >= 0.6 is 0 Å². The molecule has 0 fully saturated rings. The number of carboxylic acid groups (broad SMARTS) is 2. The Hall–Kier alpha value is -1.74. The van der Waals surface area contributed by atoms with Crippen molar-refractivity contribution in [2.24, 2.45) is 0 Å². The lowest BCUT2D eigenvalue weighted by Gasteiger charge is -2.02. The minimum Gasteiger partial charge on any atom is -0.478 e. The average Bonchev–Trinajstić information content (AvgIpc) is 2.00. The van der Waals surface area contributed by atoms with E-state index in [1.165, 1.54) is 0 Å². The third kappa shape index (κ3) is 7.64. The molecular weight excluding hydrogens is 250 g/mol. The average molecular weight is 254 g/mol. The Kier molecular flexibility index (Phi) is 5.60. The molecule has 0 aromatic heterocycles. The summed E-state index contributed by atoms with van der Waals surface area (Å²) in [4.78, 5) is 18.4. The van der Waals surface area contributed by atoms with Gasteiger partial charge in [0.25, 0.3) is 0 Å². The van der Waals surface area contributed by atoms with Gasteiger partial charge in [-0.3, -0.25) is 0 Å². The van der Waals surface area contributed by atoms with E-state index < -0.39 is 29.9 Å². The van der Waals surface area contributed by atoms with Crippen LogP contribution in [0.25, 0.3) is 0 Å². The molecule has 0 saturated carbocycles. The van der Waals surface area contributed by atoms with Gasteiger partial charge in [0, 0.05) is 0 Å². The maximum atomic E-state index is 11.2. The van der Waals surface area contributed by atoms with E-state index in [0.717, 1.165) is 0 Å². The van der Waals surface area contributed by atoms with Crippen LogP contribution in [0.1, 0.15) is 0 Å². The minimum absolute atomic E-state index is 1.75. The lowest BCUT2D eigenvalue weighted by Crippen LogP contribution is -2.21. The van der Waals surface area contributed by atoms with Crippen LogP contribution in [0.2, 0.25) is 0 Å². The summed E-state index contributed by atoms with van der Waals surface area (Å²) < 4.78 is 65.4. The lowest BCUT2D eigenvalue weighted by atomic mass is 10.3. The van der Waals surface area contributed by atoms with Gasteiger partial charge in [0.15, 0.2) is 0 Å². The molecule has 0 radical (unpaired) electrons. The Morgan fingerprint density at radius 2 is 1.12 bits per heavy atom. The molecule has 0 aliphatic heterocycles. The van der Waals surface area contributed by atoms with Gasteiger partial charge in [0.05, 0.1) is 0 Å². The van der Waals surface area contributed by atoms with Crippen LogP contribution in [0.3, 0.4) is 0 Å². The maximum absolute atomic E-state index is 11.2. The Morgan fingerprint density at radius 1 is 0.875 bits per heavy atom. The minimum atomic E-state index is -5.08. The Bertz CT molecular complexity index is 288. The van der Waals surface area contributed by atoms with E-state index in [1.807, 2.05) is 0 Å². The van der Waals surface area contributed by atoms with Crippen molar-refractivity contribution in [3.63, 3.8) is 0 Å². The van der Waals surface area contributed by atoms with Crippen molar-refractivity contribution in [2.75, 3.05) is 0 Å². The first-order valence-electron chi connectivity index (χ1n) is 3.09. The number of hydrogen-bond donors (Lipinski definition) is 2. The van der Waals surface area contributed by atoms with Crippen molar-refractivity contribution in [2.45, 2.75) is 12.4 Å². The van der Waals surface area contributed by atoms with Crippen LogP contribution < -0.4 is 0 Å². The summed E-state index contributed by atoms with van der Waals surface area (Å²) in [6.07, 6.45) is -9.90. The van der Waals surface area contributed by atoms with Gasteiger partial charge >= 0.3 is 24.3 Å². The number of rotatable bonds is 1. The first-order valence-corrected chi connectivity index (χ1v) is 3.09. The molecule has 0 bridgehead atoms. The molecule has 0 saturated heterocycles. The molecule has 0 aliphatic carbocycles. The Labute approximate surface area is 83.8 Å². The molecule has 0 heterocycles. The second kappa shape index (κ2) is 5.37. The fourth-order valence-electron chi connectivity index (χ4n) is 0.121. The summed E-state index contributed by atoms with van der Waals surface area (Å²) in [7, 11) is 0. The van der Waals surface area contributed by atoms with Gasteiger partial charge < -0.3 is 10.2 Å². The van der Waals surface area contributed by atoms with Gasteiger partial charge in [-0.15, -0.1) is 0 Å². The third-order valence-corrected chi connectivity index (χ3v) is 0.843. The monoisotopic (exact) mass is 254 g/mol. The summed E-state index contributed by atoms with van der Waals surface area (Å²) >= 11 is 0. The van der Waals surface area contributed by atoms with Crippen molar-refractivity contribution in [3.8, 4) is 0 Å². The predicted octanol–water partition coefficient (Wildman–Crippen LogP) is 1.82. The molecule has 0 amide bonds. The first kappa shape index (κ1) is 16.7. The first-order chi connectivity index (χ1) is 6.80. The summed E-state index contributed by atoms with van der Waals surface area (Å²) in [5.74, 6) is -4.80. The van der Waals surface area contributed by atoms with Gasteiger partial charge in [-0.1, -0.05) is 6.58 Å². The van der Waals surface area contributed by atoms with E-state index in [4.69, 9.17) is 15.0 Å². The largest absolute Gasteiger partial charge is 0.490 e. The molecule has 0 atom stereocenters. The number of carboxylic acids is 2. The van der Waals surface area contributed by atoms with Crippen LogP contribution in [0.5, 0.6) is 0 Å². The van der Waals surface area contributed by atoms with E-state index in [2.05, 4.69) is 6.58 Å². The Morgan fingerprint density at radius 3 is 1.12 bits per heavy atom. The molecule has 16 heavy (non-hydrogen) atoms. The van der Waals surface area contributed by atoms with Gasteiger partial charge in [-0.05, 0) is 0 Å². The number of carbonyl (C=O) groups is 2. The summed E-state index contributed by atoms with van der Waals surface area (Å²) in [5.41, 5.74) is -1.75. The molecule has 94 valence electrons. The zero-order chi connectivity index (χ0) is 13.7. The molecule has 4 nitrogen and oxygen atoms in total. The van der Waals surface area contributed by atoms with Crippen LogP contribution in [0, 0.1) is 0 Å². The normalized spacial score (nSPS) is 11.1. The fourth-order valence-corrected chi connectivity index (χ4v) is 0.121. The van der Waals surface area contributed by atoms with Crippen LogP contribution in [0.15, 0.2) is 12.2 Å². The van der Waals surface area contributed by atoms with Crippen LogP contribution in [-0.2, 0) is 9.59 Å². The van der Waals surface area contributed by atoms with Crippen molar-refractivity contribution in [1.82, 2.24) is 0 Å². The number of halogens is 6. The van der Waals surface area contributed by atoms with Crippen molar-refractivity contribution >= 4 is 11.9 Å². The predicted molar refractivity (Wildman–Crippen MR) is 36.5 cm³/mol. The number of aliphatic carboxylic acids is 2. The molecule has 0 aromatic carbocycles. The highest BCUT2D eigenvalue weighted by Crippen LogP contribution is 2.23. The summed E-state index contributed by atoms with van der Waals surface area (Å²) in [6.45, 7) is 2.30. The second-order valence-corrected chi connectivity index (χ2v) is 2.08. The highest BCUT2D eigenvalue weighted by Gasteiger charge is 2.38. The van der Waals surface area contributed by atoms with Crippen LogP contribution in [-0.4, -0.2) is 34.5 Å². The smallest absolute Gasteiger partial charge is 0.478 e. The molecule has 0 rings (SSSR count). The fraction of sp³-hybridized carbons (Fsp3) is 0.333. The van der Waals surface area contributed by atoms with E-state index in [9.17, 15) is 31.1 Å². The highest BCUT2D eigenvalue weighted by atomic mass is 19.4. The van der Waals surface area contributed by atoms with Gasteiger partial charge in [0.2, 0.25) is 0 Å². The zero-order valence-corrected chi connectivity index (χ0v) is 7.19. The molecule has 10 heteroatoms. The van der Waals surface area contributed by atoms with E-state index in [-0.39, 0.29) is 0 Å². The highest BCUT2D eigenvalue weighted by molar-refractivity contribution is 5.87. The molecule has 0 aliphatic rings. The van der Waals surface area contributed by atoms with Crippen LogP contribution in [0.4, 0.5) is 26.3 Å². The van der Waals surface area contributed by atoms with Crippen molar-refractivity contribution in [1.29, 1.82) is 0 Å². The van der Waals surface area contributed by atoms with Gasteiger partial charge in [-0.2, -0.15) is 26.3 Å². The Balaban J connectivity index is 0. The summed E-state index contributed by atoms with van der Waals surface area (Å²) in [5, 5.41) is 14.8. The molecular formula is C6H4F6O4. The van der Waals surface area contributed by atoms with Crippen molar-refractivity contribution < 1.29 is 46.1 Å². The molecule has 0 aromatic rings. The van der Waals surface area contributed by atoms with Crippen molar-refractivity contribution in [3.05, 3.63) is 12.2 Å².